The zero-order chi connectivity index (χ0) is 15.5. The number of hydrogen-bond donors (Lipinski definition) is 0. The van der Waals surface area contributed by atoms with Crippen molar-refractivity contribution in [3.63, 3.8) is 0 Å². The van der Waals surface area contributed by atoms with Crippen LogP contribution in [0.3, 0.4) is 0 Å². The Kier molecular flexibility index (Phi) is 3.65. The predicted molar refractivity (Wildman–Crippen MR) is 74.9 cm³/mol. The lowest BCUT2D eigenvalue weighted by Gasteiger charge is -2.04. The van der Waals surface area contributed by atoms with Crippen molar-refractivity contribution >= 4 is 5.97 Å². The van der Waals surface area contributed by atoms with Gasteiger partial charge in [0.1, 0.15) is 11.5 Å². The summed E-state index contributed by atoms with van der Waals surface area (Å²) in [7, 11) is 0. The van der Waals surface area contributed by atoms with Crippen molar-refractivity contribution in [1.29, 1.82) is 0 Å². The van der Waals surface area contributed by atoms with Crippen LogP contribution in [0, 0.1) is 11.6 Å². The van der Waals surface area contributed by atoms with Gasteiger partial charge in [0.05, 0.1) is 0 Å². The molecule has 3 rings (SSSR count). The summed E-state index contributed by atoms with van der Waals surface area (Å²) in [5.41, 5.74) is 0.152. The van der Waals surface area contributed by atoms with Crippen molar-refractivity contribution in [2.24, 2.45) is 0 Å². The zero-order valence-electron chi connectivity index (χ0n) is 11.2. The number of aromatic nitrogens is 2. The van der Waals surface area contributed by atoms with E-state index in [1.807, 2.05) is 0 Å². The van der Waals surface area contributed by atoms with Gasteiger partial charge in [-0.1, -0.05) is 24.3 Å². The van der Waals surface area contributed by atoms with Crippen molar-refractivity contribution < 1.29 is 18.3 Å². The molecule has 1 aromatic heterocycles. The standard InChI is InChI=1S/C16H10F2N2O2/c17-11-5-1-3-7-14(11)20-10-9-13(19-20)16(21)22-15-8-4-2-6-12(15)18/h1-10H. The predicted octanol–water partition coefficient (Wildman–Crippen LogP) is 3.37. The molecule has 0 saturated carbocycles. The van der Waals surface area contributed by atoms with Crippen LogP contribution in [0.2, 0.25) is 0 Å². The normalized spacial score (nSPS) is 10.5. The molecular weight excluding hydrogens is 290 g/mol. The largest absolute Gasteiger partial charge is 0.419 e. The molecule has 0 aliphatic rings. The number of para-hydroxylation sites is 2. The molecule has 2 aromatic carbocycles. The van der Waals surface area contributed by atoms with Crippen molar-refractivity contribution in [3.8, 4) is 11.4 Å². The molecule has 0 bridgehead atoms. The summed E-state index contributed by atoms with van der Waals surface area (Å²) in [5, 5.41) is 3.95. The molecule has 0 aliphatic carbocycles. The third kappa shape index (κ3) is 2.71. The lowest BCUT2D eigenvalue weighted by Crippen LogP contribution is -2.11. The van der Waals surface area contributed by atoms with Crippen LogP contribution in [0.5, 0.6) is 5.75 Å². The summed E-state index contributed by atoms with van der Waals surface area (Å²) in [5.74, 6) is -2.13. The van der Waals surface area contributed by atoms with Crippen LogP contribution in [0.25, 0.3) is 5.69 Å². The number of halogens is 2. The summed E-state index contributed by atoms with van der Waals surface area (Å²) in [6.45, 7) is 0. The van der Waals surface area contributed by atoms with E-state index in [1.54, 1.807) is 18.2 Å². The number of nitrogens with zero attached hydrogens (tertiary/aromatic N) is 2. The minimum absolute atomic E-state index is 0.0495. The van der Waals surface area contributed by atoms with Gasteiger partial charge < -0.3 is 4.74 Å². The number of benzene rings is 2. The number of carbonyl (C=O) groups is 1. The number of rotatable bonds is 3. The number of esters is 1. The Morgan fingerprint density at radius 3 is 2.36 bits per heavy atom. The first kappa shape index (κ1) is 13.9. The maximum Gasteiger partial charge on any atom is 0.364 e. The van der Waals surface area contributed by atoms with Gasteiger partial charge in [0.25, 0.3) is 0 Å². The van der Waals surface area contributed by atoms with Crippen LogP contribution in [-0.4, -0.2) is 15.7 Å². The highest BCUT2D eigenvalue weighted by atomic mass is 19.1. The minimum atomic E-state index is -0.819. The molecule has 22 heavy (non-hydrogen) atoms. The molecule has 0 N–H and O–H groups in total. The zero-order valence-corrected chi connectivity index (χ0v) is 11.2. The summed E-state index contributed by atoms with van der Waals surface area (Å²) >= 11 is 0. The maximum absolute atomic E-state index is 13.7. The van der Waals surface area contributed by atoms with Crippen LogP contribution < -0.4 is 4.74 Å². The maximum atomic E-state index is 13.7. The van der Waals surface area contributed by atoms with E-state index in [0.717, 1.165) is 0 Å². The number of hydrogen-bond acceptors (Lipinski definition) is 3. The van der Waals surface area contributed by atoms with Crippen LogP contribution in [0.15, 0.2) is 60.8 Å². The van der Waals surface area contributed by atoms with Crippen molar-refractivity contribution in [3.05, 3.63) is 78.1 Å². The second-order valence-corrected chi connectivity index (χ2v) is 4.42. The van der Waals surface area contributed by atoms with Crippen molar-refractivity contribution in [2.75, 3.05) is 0 Å². The Morgan fingerprint density at radius 2 is 1.64 bits per heavy atom. The third-order valence-electron chi connectivity index (χ3n) is 2.94. The van der Waals surface area contributed by atoms with E-state index >= 15 is 0 Å². The first-order valence-corrected chi connectivity index (χ1v) is 6.42. The Balaban J connectivity index is 1.84. The monoisotopic (exact) mass is 300 g/mol. The van der Waals surface area contributed by atoms with Gasteiger partial charge in [0, 0.05) is 6.20 Å². The Bertz CT molecular complexity index is 830. The number of ether oxygens (including phenoxy) is 1. The van der Waals surface area contributed by atoms with Crippen LogP contribution in [0.1, 0.15) is 10.5 Å². The van der Waals surface area contributed by atoms with E-state index in [1.165, 1.54) is 47.3 Å². The third-order valence-corrected chi connectivity index (χ3v) is 2.94. The highest BCUT2D eigenvalue weighted by Crippen LogP contribution is 2.17. The lowest BCUT2D eigenvalue weighted by molar-refractivity contribution is 0.0721. The molecule has 0 fully saturated rings. The van der Waals surface area contributed by atoms with Gasteiger partial charge in [-0.15, -0.1) is 0 Å². The molecule has 0 radical (unpaired) electrons. The summed E-state index contributed by atoms with van der Waals surface area (Å²) in [6, 6.07) is 12.9. The van der Waals surface area contributed by atoms with Gasteiger partial charge >= 0.3 is 5.97 Å². The molecule has 0 amide bonds. The quantitative estimate of drug-likeness (QED) is 0.550. The Hall–Kier alpha value is -3.02. The smallest absolute Gasteiger partial charge is 0.364 e. The molecule has 0 unspecified atom stereocenters. The fourth-order valence-electron chi connectivity index (χ4n) is 1.88. The second kappa shape index (κ2) is 5.77. The van der Waals surface area contributed by atoms with E-state index in [-0.39, 0.29) is 17.1 Å². The van der Waals surface area contributed by atoms with Crippen LogP contribution in [0.4, 0.5) is 8.78 Å². The van der Waals surface area contributed by atoms with Gasteiger partial charge in [-0.25, -0.2) is 18.3 Å². The topological polar surface area (TPSA) is 44.1 Å². The van der Waals surface area contributed by atoms with Crippen molar-refractivity contribution in [1.82, 2.24) is 9.78 Å². The summed E-state index contributed by atoms with van der Waals surface area (Å²) in [6.07, 6.45) is 1.43. The minimum Gasteiger partial charge on any atom is -0.419 e. The molecule has 3 aromatic rings. The molecule has 0 aliphatic heterocycles. The van der Waals surface area contributed by atoms with Gasteiger partial charge in [-0.3, -0.25) is 0 Å². The first-order valence-electron chi connectivity index (χ1n) is 6.42. The molecule has 4 nitrogen and oxygen atoms in total. The van der Waals surface area contributed by atoms with Gasteiger partial charge in [-0.2, -0.15) is 5.10 Å². The fourth-order valence-corrected chi connectivity index (χ4v) is 1.88. The first-order chi connectivity index (χ1) is 10.6. The molecule has 110 valence electrons. The van der Waals surface area contributed by atoms with Gasteiger partial charge in [0.2, 0.25) is 0 Å². The fraction of sp³-hybridized carbons (Fsp3) is 0. The molecule has 0 saturated heterocycles. The van der Waals surface area contributed by atoms with Gasteiger partial charge in [-0.05, 0) is 30.3 Å². The Morgan fingerprint density at radius 1 is 0.955 bits per heavy atom. The molecule has 0 spiro atoms. The van der Waals surface area contributed by atoms with Crippen LogP contribution >= 0.6 is 0 Å². The van der Waals surface area contributed by atoms with E-state index in [0.29, 0.717) is 0 Å². The molecule has 1 heterocycles. The Labute approximate surface area is 124 Å². The average Bonchev–Trinajstić information content (AvgIpc) is 3.00. The molecule has 0 atom stereocenters. The van der Waals surface area contributed by atoms with Crippen LogP contribution in [-0.2, 0) is 0 Å². The van der Waals surface area contributed by atoms with Gasteiger partial charge in [0.15, 0.2) is 17.3 Å². The summed E-state index contributed by atoms with van der Waals surface area (Å²) in [4.78, 5) is 11.9. The van der Waals surface area contributed by atoms with Crippen molar-refractivity contribution in [2.45, 2.75) is 0 Å². The van der Waals surface area contributed by atoms with E-state index < -0.39 is 17.6 Å². The average molecular weight is 300 g/mol. The molecular formula is C16H10F2N2O2. The van der Waals surface area contributed by atoms with E-state index in [2.05, 4.69) is 5.10 Å². The SMILES string of the molecule is O=C(Oc1ccccc1F)c1ccn(-c2ccccc2F)n1. The second-order valence-electron chi connectivity index (χ2n) is 4.42. The lowest BCUT2D eigenvalue weighted by atomic mass is 10.3. The highest BCUT2D eigenvalue weighted by Gasteiger charge is 2.15. The highest BCUT2D eigenvalue weighted by molar-refractivity contribution is 5.88. The summed E-state index contributed by atoms with van der Waals surface area (Å²) < 4.78 is 33.2. The van der Waals surface area contributed by atoms with E-state index in [4.69, 9.17) is 4.74 Å². The number of carbonyl (C=O) groups excluding carboxylic acids is 1. The molecule has 6 heteroatoms. The van der Waals surface area contributed by atoms with E-state index in [9.17, 15) is 13.6 Å².